The Morgan fingerprint density at radius 1 is 0.340 bits per heavy atom. The molecule has 2 heteroatoms. The van der Waals surface area contributed by atoms with Crippen LogP contribution in [0.1, 0.15) is 23.2 Å². The van der Waals surface area contributed by atoms with Crippen LogP contribution in [0, 0.1) is 0 Å². The summed E-state index contributed by atoms with van der Waals surface area (Å²) < 4.78 is 4.90. The van der Waals surface area contributed by atoms with Crippen molar-refractivity contribution in [2.24, 2.45) is 0 Å². The number of fused-ring (bicyclic) bond motifs is 6. The molecule has 0 N–H and O–H groups in total. The summed E-state index contributed by atoms with van der Waals surface area (Å²) in [5, 5.41) is 3.88. The van der Waals surface area contributed by atoms with Crippen LogP contribution in [0.4, 0.5) is 0 Å². The Morgan fingerprint density at radius 2 is 0.920 bits per heavy atom. The predicted molar refractivity (Wildman–Crippen MR) is 211 cm³/mol. The number of hydrogen-bond donors (Lipinski definition) is 0. The van der Waals surface area contributed by atoms with E-state index in [-0.39, 0.29) is 0 Å². The second-order valence-corrected chi connectivity index (χ2v) is 13.3. The lowest BCUT2D eigenvalue weighted by molar-refractivity contribution is 0.898. The van der Waals surface area contributed by atoms with Crippen LogP contribution in [0.3, 0.4) is 0 Å². The average molecular weight is 639 g/mol. The van der Waals surface area contributed by atoms with Crippen LogP contribution in [0.2, 0.25) is 0 Å². The van der Waals surface area contributed by atoms with E-state index in [0.717, 1.165) is 12.8 Å². The van der Waals surface area contributed by atoms with Crippen LogP contribution < -0.4 is 0 Å². The summed E-state index contributed by atoms with van der Waals surface area (Å²) in [4.78, 5) is 0. The molecule has 0 unspecified atom stereocenters. The third-order valence-corrected chi connectivity index (χ3v) is 10.5. The van der Waals surface area contributed by atoms with E-state index < -0.39 is 0 Å². The monoisotopic (exact) mass is 638 g/mol. The maximum atomic E-state index is 2.49. The summed E-state index contributed by atoms with van der Waals surface area (Å²) in [6, 6.07) is 64.0. The number of benzene rings is 7. The highest BCUT2D eigenvalue weighted by Gasteiger charge is 2.23. The van der Waals surface area contributed by atoms with Crippen molar-refractivity contribution in [1.29, 1.82) is 0 Å². The summed E-state index contributed by atoms with van der Waals surface area (Å²) >= 11 is 0. The van der Waals surface area contributed by atoms with Gasteiger partial charge in [0.15, 0.2) is 0 Å². The van der Waals surface area contributed by atoms with Crippen molar-refractivity contribution in [2.75, 3.05) is 0 Å². The lowest BCUT2D eigenvalue weighted by atomic mass is 9.90. The molecule has 1 aliphatic rings. The van der Waals surface area contributed by atoms with Crippen molar-refractivity contribution >= 4 is 44.4 Å². The molecule has 50 heavy (non-hydrogen) atoms. The molecule has 7 aromatic carbocycles. The predicted octanol–water partition coefficient (Wildman–Crippen LogP) is 12.5. The van der Waals surface area contributed by atoms with Crippen LogP contribution in [0.5, 0.6) is 0 Å². The van der Waals surface area contributed by atoms with Crippen molar-refractivity contribution in [3.63, 3.8) is 0 Å². The third-order valence-electron chi connectivity index (χ3n) is 10.5. The van der Waals surface area contributed by atoms with Crippen molar-refractivity contribution in [3.05, 3.63) is 193 Å². The molecule has 0 saturated carbocycles. The van der Waals surface area contributed by atoms with Gasteiger partial charge in [0.2, 0.25) is 0 Å². The maximum Gasteiger partial charge on any atom is 0.0541 e. The molecule has 2 heterocycles. The normalized spacial score (nSPS) is 12.8. The molecule has 0 radical (unpaired) electrons. The van der Waals surface area contributed by atoms with E-state index in [1.54, 1.807) is 0 Å². The maximum absolute atomic E-state index is 2.49. The lowest BCUT2D eigenvalue weighted by Crippen LogP contribution is -2.05. The van der Waals surface area contributed by atoms with Crippen molar-refractivity contribution in [2.45, 2.75) is 12.8 Å². The summed E-state index contributed by atoms with van der Waals surface area (Å²) in [7, 11) is 0. The Balaban J connectivity index is 1.08. The fraction of sp³-hybridized carbons (Fsp3) is 0.0417. The highest BCUT2D eigenvalue weighted by Crippen LogP contribution is 2.41. The van der Waals surface area contributed by atoms with Gasteiger partial charge in [0.1, 0.15) is 0 Å². The zero-order valence-electron chi connectivity index (χ0n) is 27.6. The second kappa shape index (κ2) is 11.6. The smallest absolute Gasteiger partial charge is 0.0541 e. The topological polar surface area (TPSA) is 9.86 Å². The summed E-state index contributed by atoms with van der Waals surface area (Å²) in [5.41, 5.74) is 16.5. The number of nitrogens with zero attached hydrogens (tertiary/aromatic N) is 2. The van der Waals surface area contributed by atoms with E-state index in [0.29, 0.717) is 0 Å². The van der Waals surface area contributed by atoms with Gasteiger partial charge in [-0.15, -0.1) is 0 Å². The van der Waals surface area contributed by atoms with E-state index >= 15 is 0 Å². The van der Waals surface area contributed by atoms with Gasteiger partial charge in [-0.25, -0.2) is 0 Å². The minimum atomic E-state index is 0.985. The van der Waals surface area contributed by atoms with Gasteiger partial charge in [-0.3, -0.25) is 0 Å². The number of hydrogen-bond acceptors (Lipinski definition) is 0. The van der Waals surface area contributed by atoms with E-state index in [1.807, 2.05) is 0 Å². The molecule has 10 rings (SSSR count). The first-order valence-corrected chi connectivity index (χ1v) is 17.5. The molecule has 2 aromatic heterocycles. The van der Waals surface area contributed by atoms with Gasteiger partial charge in [-0.1, -0.05) is 127 Å². The minimum Gasteiger partial charge on any atom is -0.313 e. The fourth-order valence-electron chi connectivity index (χ4n) is 8.09. The quantitative estimate of drug-likeness (QED) is 0.178. The van der Waals surface area contributed by atoms with E-state index in [9.17, 15) is 0 Å². The molecule has 1 aliphatic carbocycles. The van der Waals surface area contributed by atoms with Crippen LogP contribution in [0.15, 0.2) is 176 Å². The van der Waals surface area contributed by atoms with Crippen LogP contribution in [-0.2, 0) is 6.42 Å². The van der Waals surface area contributed by atoms with Gasteiger partial charge in [-0.2, -0.15) is 0 Å². The Kier molecular flexibility index (Phi) is 6.67. The van der Waals surface area contributed by atoms with Gasteiger partial charge in [0.25, 0.3) is 0 Å². The molecule has 2 nitrogen and oxygen atoms in total. The SMILES string of the molecule is C1=C(c2ccc3c(c2)c2ccccc2n3-c2ccc(-c3ccccc3)cc2)CCc2c1c1ccccc1n2-c1cccc(-c2ccccc2)c1. The number of allylic oxidation sites excluding steroid dienone is 1. The van der Waals surface area contributed by atoms with Crippen LogP contribution in [0.25, 0.3) is 78.0 Å². The van der Waals surface area contributed by atoms with Gasteiger partial charge in [-0.05, 0) is 101 Å². The highest BCUT2D eigenvalue weighted by atomic mass is 15.0. The Hall–Kier alpha value is -6.38. The zero-order chi connectivity index (χ0) is 33.0. The molecule has 236 valence electrons. The molecular weight excluding hydrogens is 605 g/mol. The van der Waals surface area contributed by atoms with Gasteiger partial charge < -0.3 is 9.13 Å². The summed E-state index contributed by atoms with van der Waals surface area (Å²) in [6.07, 6.45) is 4.44. The molecule has 0 spiro atoms. The van der Waals surface area contributed by atoms with Gasteiger partial charge in [0, 0.05) is 38.8 Å². The number of rotatable bonds is 5. The molecular formula is C48H34N2. The first kappa shape index (κ1) is 28.6. The van der Waals surface area contributed by atoms with Crippen molar-refractivity contribution in [1.82, 2.24) is 9.13 Å². The number of para-hydroxylation sites is 2. The van der Waals surface area contributed by atoms with Gasteiger partial charge in [0.05, 0.1) is 16.6 Å². The van der Waals surface area contributed by atoms with Gasteiger partial charge >= 0.3 is 0 Å². The summed E-state index contributed by atoms with van der Waals surface area (Å²) in [6.45, 7) is 0. The van der Waals surface area contributed by atoms with Crippen molar-refractivity contribution < 1.29 is 0 Å². The number of aromatic nitrogens is 2. The Bertz CT molecular complexity index is 2720. The highest BCUT2D eigenvalue weighted by molar-refractivity contribution is 6.10. The first-order valence-electron chi connectivity index (χ1n) is 17.5. The molecule has 0 aliphatic heterocycles. The van der Waals surface area contributed by atoms with E-state index in [2.05, 4.69) is 191 Å². The Morgan fingerprint density at radius 3 is 1.68 bits per heavy atom. The molecule has 0 saturated heterocycles. The third kappa shape index (κ3) is 4.64. The fourth-order valence-corrected chi connectivity index (χ4v) is 8.09. The van der Waals surface area contributed by atoms with Crippen LogP contribution in [-0.4, -0.2) is 9.13 Å². The van der Waals surface area contributed by atoms with Crippen LogP contribution >= 0.6 is 0 Å². The Labute approximate surface area is 291 Å². The van der Waals surface area contributed by atoms with E-state index in [1.165, 1.54) is 88.7 Å². The zero-order valence-corrected chi connectivity index (χ0v) is 27.6. The van der Waals surface area contributed by atoms with E-state index in [4.69, 9.17) is 0 Å². The first-order chi connectivity index (χ1) is 24.8. The molecule has 0 fully saturated rings. The molecule has 9 aromatic rings. The largest absolute Gasteiger partial charge is 0.313 e. The standard InChI is InChI=1S/C48H34N2/c1-3-12-33(13-4-1)35-22-26-39(27-23-35)49-45-20-9-7-18-41(45)43-31-37(24-28-47(43)49)38-25-29-48-44(32-38)42-19-8-10-21-46(42)50(48)40-17-11-16-36(30-40)34-14-5-2-6-15-34/h1-24,26-28,30-32H,25,29H2. The lowest BCUT2D eigenvalue weighted by Gasteiger charge is -2.18. The molecule has 0 amide bonds. The molecule has 0 atom stereocenters. The summed E-state index contributed by atoms with van der Waals surface area (Å²) in [5.74, 6) is 0. The minimum absolute atomic E-state index is 0.985. The second-order valence-electron chi connectivity index (χ2n) is 13.3. The van der Waals surface area contributed by atoms with Crippen molar-refractivity contribution in [3.8, 4) is 33.6 Å². The average Bonchev–Trinajstić information content (AvgIpc) is 3.71. The molecule has 0 bridgehead atoms.